The van der Waals surface area contributed by atoms with Crippen LogP contribution in [0.15, 0.2) is 22.7 Å². The van der Waals surface area contributed by atoms with E-state index >= 15 is 0 Å². The zero-order valence-corrected chi connectivity index (χ0v) is 11.3. The number of ether oxygens (including phenoxy) is 1. The Balaban J connectivity index is 2.38. The van der Waals surface area contributed by atoms with E-state index in [-0.39, 0.29) is 17.5 Å². The summed E-state index contributed by atoms with van der Waals surface area (Å²) in [6.45, 7) is 0. The van der Waals surface area contributed by atoms with Gasteiger partial charge in [-0.25, -0.2) is 8.42 Å². The van der Waals surface area contributed by atoms with Gasteiger partial charge in [-0.1, -0.05) is 5.16 Å². The van der Waals surface area contributed by atoms with Crippen molar-refractivity contribution in [1.82, 2.24) is 10.1 Å². The Morgan fingerprint density at radius 3 is 2.79 bits per heavy atom. The van der Waals surface area contributed by atoms with Crippen molar-refractivity contribution in [3.05, 3.63) is 24.0 Å². The zero-order chi connectivity index (χ0) is 14.0. The Bertz CT molecular complexity index is 694. The number of benzene rings is 1. The quantitative estimate of drug-likeness (QED) is 0.829. The van der Waals surface area contributed by atoms with Crippen LogP contribution < -0.4 is 10.5 Å². The van der Waals surface area contributed by atoms with Gasteiger partial charge in [-0.3, -0.25) is 0 Å². The molecule has 19 heavy (non-hydrogen) atoms. The molecule has 0 unspecified atom stereocenters. The second-order valence-corrected chi connectivity index (χ2v) is 6.19. The molecule has 8 heteroatoms. The molecule has 2 aromatic rings. The maximum Gasteiger partial charge on any atom is 0.261 e. The summed E-state index contributed by atoms with van der Waals surface area (Å²) in [5, 5.41) is 3.62. The van der Waals surface area contributed by atoms with E-state index in [1.54, 1.807) is 18.2 Å². The third-order valence-corrected chi connectivity index (χ3v) is 3.10. The van der Waals surface area contributed by atoms with Crippen LogP contribution in [0.3, 0.4) is 0 Å². The summed E-state index contributed by atoms with van der Waals surface area (Å²) in [5.74, 6) is 0.509. The number of nitrogen functional groups attached to an aromatic ring is 1. The number of hydrogen-bond acceptors (Lipinski definition) is 7. The minimum Gasteiger partial charge on any atom is -0.496 e. The fourth-order valence-electron chi connectivity index (χ4n) is 1.54. The van der Waals surface area contributed by atoms with Crippen LogP contribution in [0.2, 0.25) is 0 Å². The average Bonchev–Trinajstić information content (AvgIpc) is 2.74. The lowest BCUT2D eigenvalue weighted by Crippen LogP contribution is -2.02. The Kier molecular flexibility index (Phi) is 3.43. The van der Waals surface area contributed by atoms with Gasteiger partial charge in [0.15, 0.2) is 15.7 Å². The smallest absolute Gasteiger partial charge is 0.261 e. The number of rotatable bonds is 4. The lowest BCUT2D eigenvalue weighted by Gasteiger charge is -2.05. The first-order valence-corrected chi connectivity index (χ1v) is 7.39. The first kappa shape index (κ1) is 13.3. The minimum atomic E-state index is -3.20. The monoisotopic (exact) mass is 283 g/mol. The Morgan fingerprint density at radius 1 is 1.42 bits per heavy atom. The van der Waals surface area contributed by atoms with Crippen LogP contribution in [-0.4, -0.2) is 31.9 Å². The number of methoxy groups -OCH3 is 1. The van der Waals surface area contributed by atoms with Crippen molar-refractivity contribution < 1.29 is 17.7 Å². The van der Waals surface area contributed by atoms with E-state index in [4.69, 9.17) is 15.0 Å². The molecule has 0 atom stereocenters. The van der Waals surface area contributed by atoms with Crippen molar-refractivity contribution in [1.29, 1.82) is 0 Å². The predicted molar refractivity (Wildman–Crippen MR) is 69.2 cm³/mol. The van der Waals surface area contributed by atoms with Crippen molar-refractivity contribution >= 4 is 15.5 Å². The Labute approximate surface area is 110 Å². The highest BCUT2D eigenvalue weighted by Gasteiger charge is 2.16. The maximum absolute atomic E-state index is 11.2. The molecule has 0 bridgehead atoms. The van der Waals surface area contributed by atoms with Gasteiger partial charge in [0, 0.05) is 18.0 Å². The third kappa shape index (κ3) is 3.22. The fraction of sp³-hybridized carbons (Fsp3) is 0.273. The molecule has 0 spiro atoms. The molecule has 0 saturated carbocycles. The van der Waals surface area contributed by atoms with Crippen LogP contribution in [0.1, 0.15) is 5.82 Å². The Hall–Kier alpha value is -2.09. The summed E-state index contributed by atoms with van der Waals surface area (Å²) in [6.07, 6.45) is 1.10. The van der Waals surface area contributed by atoms with E-state index in [0.29, 0.717) is 17.0 Å². The second kappa shape index (κ2) is 4.88. The van der Waals surface area contributed by atoms with Gasteiger partial charge in [-0.05, 0) is 12.1 Å². The van der Waals surface area contributed by atoms with Crippen molar-refractivity contribution in [2.45, 2.75) is 5.75 Å². The largest absolute Gasteiger partial charge is 0.496 e. The molecule has 0 radical (unpaired) electrons. The van der Waals surface area contributed by atoms with E-state index in [9.17, 15) is 8.42 Å². The number of nitrogens with two attached hydrogens (primary N) is 1. The van der Waals surface area contributed by atoms with Gasteiger partial charge in [0.2, 0.25) is 0 Å². The highest BCUT2D eigenvalue weighted by molar-refractivity contribution is 7.89. The van der Waals surface area contributed by atoms with Crippen LogP contribution in [0.25, 0.3) is 11.5 Å². The summed E-state index contributed by atoms with van der Waals surface area (Å²) < 4.78 is 32.5. The molecule has 1 heterocycles. The van der Waals surface area contributed by atoms with Gasteiger partial charge in [-0.2, -0.15) is 4.98 Å². The number of anilines is 1. The SMILES string of the molecule is COc1cc(N)ccc1-c1nc(CS(C)(=O)=O)no1. The second-order valence-electron chi connectivity index (χ2n) is 4.05. The van der Waals surface area contributed by atoms with Gasteiger partial charge >= 0.3 is 0 Å². The van der Waals surface area contributed by atoms with Crippen LogP contribution in [0.5, 0.6) is 5.75 Å². The summed E-state index contributed by atoms with van der Waals surface area (Å²) >= 11 is 0. The summed E-state index contributed by atoms with van der Waals surface area (Å²) in [6, 6.07) is 4.96. The third-order valence-electron chi connectivity index (χ3n) is 2.32. The molecule has 2 N–H and O–H groups in total. The Morgan fingerprint density at radius 2 is 2.16 bits per heavy atom. The van der Waals surface area contributed by atoms with E-state index in [0.717, 1.165) is 6.26 Å². The molecule has 0 aliphatic rings. The van der Waals surface area contributed by atoms with Crippen molar-refractivity contribution in [2.24, 2.45) is 0 Å². The van der Waals surface area contributed by atoms with Gasteiger partial charge in [0.1, 0.15) is 11.5 Å². The van der Waals surface area contributed by atoms with Gasteiger partial charge in [-0.15, -0.1) is 0 Å². The molecule has 0 aliphatic carbocycles. The molecule has 0 saturated heterocycles. The predicted octanol–water partition coefficient (Wildman–Crippen LogP) is 0.872. The topological polar surface area (TPSA) is 108 Å². The molecule has 0 amide bonds. The van der Waals surface area contributed by atoms with Crippen LogP contribution >= 0.6 is 0 Å². The standard InChI is InChI=1S/C11H13N3O4S/c1-17-9-5-7(12)3-4-8(9)11-13-10(14-18-11)6-19(2,15)16/h3-5H,6,12H2,1-2H3. The minimum absolute atomic E-state index is 0.108. The lowest BCUT2D eigenvalue weighted by atomic mass is 10.2. The normalized spacial score (nSPS) is 11.5. The molecule has 1 aromatic heterocycles. The van der Waals surface area contributed by atoms with E-state index in [1.165, 1.54) is 7.11 Å². The van der Waals surface area contributed by atoms with E-state index < -0.39 is 9.84 Å². The summed E-state index contributed by atoms with van der Waals surface area (Å²) in [7, 11) is -1.71. The van der Waals surface area contributed by atoms with Crippen molar-refractivity contribution in [3.8, 4) is 17.2 Å². The van der Waals surface area contributed by atoms with Crippen molar-refractivity contribution in [2.75, 3.05) is 19.1 Å². The molecule has 0 fully saturated rings. The molecular formula is C11H13N3O4S. The number of nitrogens with zero attached hydrogens (tertiary/aromatic N) is 2. The van der Waals surface area contributed by atoms with E-state index in [1.807, 2.05) is 0 Å². The lowest BCUT2D eigenvalue weighted by molar-refractivity contribution is 0.403. The van der Waals surface area contributed by atoms with Gasteiger partial charge < -0.3 is 15.0 Å². The molecule has 0 aliphatic heterocycles. The maximum atomic E-state index is 11.2. The molecule has 1 aromatic carbocycles. The summed E-state index contributed by atoms with van der Waals surface area (Å²) in [5.41, 5.74) is 6.74. The molecular weight excluding hydrogens is 270 g/mol. The first-order valence-electron chi connectivity index (χ1n) is 5.33. The van der Waals surface area contributed by atoms with Gasteiger partial charge in [0.05, 0.1) is 12.7 Å². The van der Waals surface area contributed by atoms with Gasteiger partial charge in [0.25, 0.3) is 5.89 Å². The highest BCUT2D eigenvalue weighted by Crippen LogP contribution is 2.30. The van der Waals surface area contributed by atoms with Crippen molar-refractivity contribution in [3.63, 3.8) is 0 Å². The first-order chi connectivity index (χ1) is 8.89. The average molecular weight is 283 g/mol. The zero-order valence-electron chi connectivity index (χ0n) is 10.5. The highest BCUT2D eigenvalue weighted by atomic mass is 32.2. The van der Waals surface area contributed by atoms with E-state index in [2.05, 4.69) is 10.1 Å². The molecule has 102 valence electrons. The fourth-order valence-corrected chi connectivity index (χ4v) is 2.13. The summed E-state index contributed by atoms with van der Waals surface area (Å²) in [4.78, 5) is 4.03. The van der Waals surface area contributed by atoms with Crippen LogP contribution in [0.4, 0.5) is 5.69 Å². The number of aromatic nitrogens is 2. The molecule has 7 nitrogen and oxygen atoms in total. The van der Waals surface area contributed by atoms with Crippen LogP contribution in [-0.2, 0) is 15.6 Å². The number of sulfone groups is 1. The molecule has 2 rings (SSSR count). The van der Waals surface area contributed by atoms with Crippen LogP contribution in [0, 0.1) is 0 Å². The number of hydrogen-bond donors (Lipinski definition) is 1.